The van der Waals surface area contributed by atoms with Gasteiger partial charge in [0.05, 0.1) is 24.3 Å². The van der Waals surface area contributed by atoms with Crippen LogP contribution in [-0.2, 0) is 7.05 Å². The summed E-state index contributed by atoms with van der Waals surface area (Å²) in [7, 11) is 3.38. The zero-order valence-electron chi connectivity index (χ0n) is 12.0. The van der Waals surface area contributed by atoms with Crippen molar-refractivity contribution in [3.05, 3.63) is 18.3 Å². The van der Waals surface area contributed by atoms with E-state index in [4.69, 9.17) is 19.9 Å². The smallest absolute Gasteiger partial charge is 0.231 e. The van der Waals surface area contributed by atoms with Crippen molar-refractivity contribution in [2.24, 2.45) is 7.05 Å². The van der Waals surface area contributed by atoms with E-state index in [1.807, 2.05) is 0 Å². The van der Waals surface area contributed by atoms with Crippen LogP contribution in [0.1, 0.15) is 0 Å². The predicted molar refractivity (Wildman–Crippen MR) is 78.8 cm³/mol. The molecule has 8 nitrogen and oxygen atoms in total. The molecular weight excluding hydrogens is 286 g/mol. The summed E-state index contributed by atoms with van der Waals surface area (Å²) in [4.78, 5) is 8.89. The van der Waals surface area contributed by atoms with Crippen molar-refractivity contribution < 1.29 is 14.2 Å². The molecule has 2 aromatic heterocycles. The standard InChI is InChI=1S/C14H13N5O3/c1-19-14-8(5-16-19)12(15)17-13(18-14)7-3-10-11(22-6-21-10)4-9(7)20-2/h3-5H,6H2,1-2H3,(H2,15,17,18). The van der Waals surface area contributed by atoms with Gasteiger partial charge in [0, 0.05) is 13.1 Å². The first-order valence-corrected chi connectivity index (χ1v) is 6.60. The summed E-state index contributed by atoms with van der Waals surface area (Å²) in [5.41, 5.74) is 7.35. The molecule has 8 heteroatoms. The SMILES string of the molecule is COc1cc2c(cc1-c1nc(N)c3cnn(C)c3n1)OCO2. The average Bonchev–Trinajstić information content (AvgIpc) is 3.12. The van der Waals surface area contributed by atoms with Crippen molar-refractivity contribution >= 4 is 16.9 Å². The highest BCUT2D eigenvalue weighted by Crippen LogP contribution is 2.41. The van der Waals surface area contributed by atoms with E-state index >= 15 is 0 Å². The minimum absolute atomic E-state index is 0.186. The third kappa shape index (κ3) is 1.73. The van der Waals surface area contributed by atoms with Crippen LogP contribution in [0.5, 0.6) is 17.2 Å². The Balaban J connectivity index is 1.96. The van der Waals surface area contributed by atoms with Gasteiger partial charge in [-0.1, -0.05) is 0 Å². The number of anilines is 1. The van der Waals surface area contributed by atoms with E-state index in [0.29, 0.717) is 45.5 Å². The second-order valence-corrected chi connectivity index (χ2v) is 4.84. The first-order chi connectivity index (χ1) is 10.7. The quantitative estimate of drug-likeness (QED) is 0.762. The van der Waals surface area contributed by atoms with Gasteiger partial charge in [-0.15, -0.1) is 0 Å². The number of aromatic nitrogens is 4. The minimum atomic E-state index is 0.186. The fraction of sp³-hybridized carbons (Fsp3) is 0.214. The van der Waals surface area contributed by atoms with Gasteiger partial charge in [0.25, 0.3) is 0 Å². The van der Waals surface area contributed by atoms with Crippen molar-refractivity contribution in [2.45, 2.75) is 0 Å². The molecule has 0 spiro atoms. The molecule has 1 aromatic carbocycles. The molecule has 0 atom stereocenters. The van der Waals surface area contributed by atoms with Gasteiger partial charge in [-0.3, -0.25) is 4.68 Å². The van der Waals surface area contributed by atoms with Crippen LogP contribution in [-0.4, -0.2) is 33.7 Å². The van der Waals surface area contributed by atoms with Gasteiger partial charge in [-0.05, 0) is 6.07 Å². The first kappa shape index (κ1) is 12.7. The molecule has 0 aliphatic carbocycles. The van der Waals surface area contributed by atoms with Gasteiger partial charge in [0.1, 0.15) is 11.6 Å². The van der Waals surface area contributed by atoms with Crippen LogP contribution in [0.15, 0.2) is 18.3 Å². The van der Waals surface area contributed by atoms with Crippen molar-refractivity contribution in [1.82, 2.24) is 19.7 Å². The number of nitrogens with zero attached hydrogens (tertiary/aromatic N) is 4. The van der Waals surface area contributed by atoms with Crippen LogP contribution in [0.3, 0.4) is 0 Å². The first-order valence-electron chi connectivity index (χ1n) is 6.60. The fourth-order valence-corrected chi connectivity index (χ4v) is 2.43. The minimum Gasteiger partial charge on any atom is -0.496 e. The maximum Gasteiger partial charge on any atom is 0.231 e. The summed E-state index contributed by atoms with van der Waals surface area (Å²) in [6.45, 7) is 0.186. The number of nitrogens with two attached hydrogens (primary N) is 1. The van der Waals surface area contributed by atoms with Crippen LogP contribution in [0.4, 0.5) is 5.82 Å². The summed E-state index contributed by atoms with van der Waals surface area (Å²) in [5.74, 6) is 2.67. The zero-order chi connectivity index (χ0) is 15.3. The molecule has 0 fully saturated rings. The lowest BCUT2D eigenvalue weighted by Crippen LogP contribution is -2.01. The number of methoxy groups -OCH3 is 1. The van der Waals surface area contributed by atoms with Gasteiger partial charge in [0.15, 0.2) is 23.0 Å². The molecule has 3 heterocycles. The lowest BCUT2D eigenvalue weighted by atomic mass is 10.1. The largest absolute Gasteiger partial charge is 0.496 e. The van der Waals surface area contributed by atoms with Gasteiger partial charge in [0.2, 0.25) is 6.79 Å². The van der Waals surface area contributed by atoms with E-state index in [9.17, 15) is 0 Å². The van der Waals surface area contributed by atoms with Crippen molar-refractivity contribution in [3.63, 3.8) is 0 Å². The van der Waals surface area contributed by atoms with Crippen molar-refractivity contribution in [2.75, 3.05) is 19.6 Å². The summed E-state index contributed by atoms with van der Waals surface area (Å²) < 4.78 is 17.8. The number of benzene rings is 1. The van der Waals surface area contributed by atoms with E-state index in [1.54, 1.807) is 37.2 Å². The summed E-state index contributed by atoms with van der Waals surface area (Å²) in [6, 6.07) is 3.54. The number of aryl methyl sites for hydroxylation is 1. The topological polar surface area (TPSA) is 97.3 Å². The van der Waals surface area contributed by atoms with E-state index < -0.39 is 0 Å². The molecule has 0 saturated heterocycles. The number of fused-ring (bicyclic) bond motifs is 2. The number of ether oxygens (including phenoxy) is 3. The van der Waals surface area contributed by atoms with Crippen LogP contribution in [0.25, 0.3) is 22.4 Å². The fourth-order valence-electron chi connectivity index (χ4n) is 2.43. The normalized spacial score (nSPS) is 12.8. The summed E-state index contributed by atoms with van der Waals surface area (Å²) in [6.07, 6.45) is 1.64. The molecule has 1 aliphatic heterocycles. The van der Waals surface area contributed by atoms with E-state index in [2.05, 4.69) is 15.1 Å². The molecule has 0 amide bonds. The second kappa shape index (κ2) is 4.48. The van der Waals surface area contributed by atoms with E-state index in [-0.39, 0.29) is 6.79 Å². The van der Waals surface area contributed by atoms with Crippen molar-refractivity contribution in [1.29, 1.82) is 0 Å². The third-order valence-corrected chi connectivity index (χ3v) is 3.56. The van der Waals surface area contributed by atoms with Crippen LogP contribution in [0, 0.1) is 0 Å². The highest BCUT2D eigenvalue weighted by Gasteiger charge is 2.21. The van der Waals surface area contributed by atoms with Gasteiger partial charge in [-0.2, -0.15) is 5.10 Å². The van der Waals surface area contributed by atoms with E-state index in [1.165, 1.54) is 0 Å². The Bertz CT molecular complexity index is 890. The lowest BCUT2D eigenvalue weighted by Gasteiger charge is -2.09. The molecule has 0 radical (unpaired) electrons. The van der Waals surface area contributed by atoms with Gasteiger partial charge < -0.3 is 19.9 Å². The molecule has 0 bridgehead atoms. The number of hydrogen-bond acceptors (Lipinski definition) is 7. The molecule has 1 aliphatic rings. The molecule has 22 heavy (non-hydrogen) atoms. The molecular formula is C14H13N5O3. The van der Waals surface area contributed by atoms with Crippen LogP contribution >= 0.6 is 0 Å². The third-order valence-electron chi connectivity index (χ3n) is 3.56. The lowest BCUT2D eigenvalue weighted by molar-refractivity contribution is 0.174. The predicted octanol–water partition coefficient (Wildman–Crippen LogP) is 1.35. The van der Waals surface area contributed by atoms with Gasteiger partial charge in [-0.25, -0.2) is 9.97 Å². The number of hydrogen-bond donors (Lipinski definition) is 1. The Morgan fingerprint density at radius 1 is 1.23 bits per heavy atom. The highest BCUT2D eigenvalue weighted by molar-refractivity contribution is 5.87. The van der Waals surface area contributed by atoms with Gasteiger partial charge >= 0.3 is 0 Å². The molecule has 0 saturated carbocycles. The highest BCUT2D eigenvalue weighted by atomic mass is 16.7. The van der Waals surface area contributed by atoms with Crippen LogP contribution in [0.2, 0.25) is 0 Å². The maximum atomic E-state index is 6.01. The average molecular weight is 299 g/mol. The summed E-state index contributed by atoms with van der Waals surface area (Å²) in [5, 5.41) is 4.86. The number of nitrogen functional groups attached to an aromatic ring is 1. The van der Waals surface area contributed by atoms with E-state index in [0.717, 1.165) is 0 Å². The maximum absolute atomic E-state index is 6.01. The monoisotopic (exact) mass is 299 g/mol. The molecule has 2 N–H and O–H groups in total. The molecule has 3 aromatic rings. The summed E-state index contributed by atoms with van der Waals surface area (Å²) >= 11 is 0. The molecule has 0 unspecified atom stereocenters. The Morgan fingerprint density at radius 3 is 2.77 bits per heavy atom. The second-order valence-electron chi connectivity index (χ2n) is 4.84. The number of rotatable bonds is 2. The molecule has 4 rings (SSSR count). The Morgan fingerprint density at radius 2 is 2.00 bits per heavy atom. The van der Waals surface area contributed by atoms with Crippen molar-refractivity contribution in [3.8, 4) is 28.6 Å². The molecule has 112 valence electrons. The Kier molecular flexibility index (Phi) is 2.59. The van der Waals surface area contributed by atoms with Crippen LogP contribution < -0.4 is 19.9 Å². The Hall–Kier alpha value is -3.03. The zero-order valence-corrected chi connectivity index (χ0v) is 12.0. The Labute approximate surface area is 125 Å².